The van der Waals surface area contributed by atoms with E-state index in [-0.39, 0.29) is 5.91 Å². The fourth-order valence-electron chi connectivity index (χ4n) is 3.27. The molecule has 0 N–H and O–H groups in total. The van der Waals surface area contributed by atoms with Crippen LogP contribution in [0.15, 0.2) is 45.5 Å². The average molecular weight is 398 g/mol. The third kappa shape index (κ3) is 4.09. The zero-order valence-corrected chi connectivity index (χ0v) is 16.3. The normalized spacial score (nSPS) is 14.8. The van der Waals surface area contributed by atoms with Crippen molar-refractivity contribution in [1.82, 2.24) is 19.9 Å². The van der Waals surface area contributed by atoms with Crippen molar-refractivity contribution in [3.63, 3.8) is 0 Å². The molecule has 0 bridgehead atoms. The van der Waals surface area contributed by atoms with Crippen LogP contribution in [0.2, 0.25) is 0 Å². The topological polar surface area (TPSA) is 94.1 Å². The number of ether oxygens (including phenoxy) is 2. The summed E-state index contributed by atoms with van der Waals surface area (Å²) in [6.45, 7) is 3.19. The lowest BCUT2D eigenvalue weighted by molar-refractivity contribution is 0.0585. The molecule has 0 saturated carbocycles. The van der Waals surface area contributed by atoms with Gasteiger partial charge in [-0.2, -0.15) is 4.98 Å². The largest absolute Gasteiger partial charge is 0.497 e. The minimum absolute atomic E-state index is 0.0821. The molecule has 0 atom stereocenters. The number of hydrogen-bond donors (Lipinski definition) is 0. The molecule has 0 unspecified atom stereocenters. The van der Waals surface area contributed by atoms with Gasteiger partial charge in [0.1, 0.15) is 11.5 Å². The van der Waals surface area contributed by atoms with E-state index in [2.05, 4.69) is 15.0 Å². The summed E-state index contributed by atoms with van der Waals surface area (Å²) in [5.74, 6) is 2.57. The number of benzene rings is 1. The number of piperazine rings is 1. The Morgan fingerprint density at radius 1 is 1.14 bits per heavy atom. The molecular weight excluding hydrogens is 376 g/mol. The molecule has 1 aliphatic rings. The molecule has 1 aromatic carbocycles. The maximum absolute atomic E-state index is 12.3. The zero-order chi connectivity index (χ0) is 20.2. The Morgan fingerprint density at radius 3 is 2.66 bits per heavy atom. The molecule has 0 radical (unpaired) electrons. The van der Waals surface area contributed by atoms with Crippen molar-refractivity contribution in [1.29, 1.82) is 0 Å². The number of hydrogen-bond acceptors (Lipinski definition) is 8. The summed E-state index contributed by atoms with van der Waals surface area (Å²) < 4.78 is 21.2. The smallest absolute Gasteiger partial charge is 0.289 e. The van der Waals surface area contributed by atoms with Gasteiger partial charge in [-0.15, -0.1) is 0 Å². The Bertz CT molecular complexity index is 961. The van der Waals surface area contributed by atoms with E-state index >= 15 is 0 Å². The third-order valence-electron chi connectivity index (χ3n) is 4.87. The second-order valence-electron chi connectivity index (χ2n) is 6.62. The average Bonchev–Trinajstić information content (AvgIpc) is 3.46. The van der Waals surface area contributed by atoms with E-state index in [1.54, 1.807) is 37.3 Å². The van der Waals surface area contributed by atoms with E-state index in [4.69, 9.17) is 18.4 Å². The first kappa shape index (κ1) is 19.0. The lowest BCUT2D eigenvalue weighted by atomic mass is 10.2. The van der Waals surface area contributed by atoms with E-state index in [0.29, 0.717) is 48.6 Å². The van der Waals surface area contributed by atoms with Gasteiger partial charge in [-0.05, 0) is 24.3 Å². The summed E-state index contributed by atoms with van der Waals surface area (Å²) in [7, 11) is 3.19. The lowest BCUT2D eigenvalue weighted by Gasteiger charge is -2.33. The maximum Gasteiger partial charge on any atom is 0.289 e. The van der Waals surface area contributed by atoms with Gasteiger partial charge in [-0.3, -0.25) is 9.69 Å². The predicted octanol–water partition coefficient (Wildman–Crippen LogP) is 2.30. The summed E-state index contributed by atoms with van der Waals surface area (Å²) in [4.78, 5) is 20.8. The van der Waals surface area contributed by atoms with Gasteiger partial charge in [0, 0.05) is 32.2 Å². The summed E-state index contributed by atoms with van der Waals surface area (Å²) >= 11 is 0. The number of amides is 1. The molecule has 4 rings (SSSR count). The molecule has 29 heavy (non-hydrogen) atoms. The molecule has 9 nitrogen and oxygen atoms in total. The van der Waals surface area contributed by atoms with Crippen molar-refractivity contribution >= 4 is 5.91 Å². The Labute approximate surface area is 167 Å². The molecule has 9 heteroatoms. The highest BCUT2D eigenvalue weighted by atomic mass is 16.5. The Kier molecular flexibility index (Phi) is 5.48. The van der Waals surface area contributed by atoms with Crippen molar-refractivity contribution in [2.75, 3.05) is 40.4 Å². The number of methoxy groups -OCH3 is 2. The molecule has 1 amide bonds. The molecule has 1 aliphatic heterocycles. The Balaban J connectivity index is 1.37. The second kappa shape index (κ2) is 8.36. The van der Waals surface area contributed by atoms with Gasteiger partial charge in [0.15, 0.2) is 5.76 Å². The number of aromatic nitrogens is 2. The fourth-order valence-corrected chi connectivity index (χ4v) is 3.27. The van der Waals surface area contributed by atoms with Crippen LogP contribution in [0.25, 0.3) is 11.4 Å². The van der Waals surface area contributed by atoms with Crippen LogP contribution in [0.1, 0.15) is 16.4 Å². The van der Waals surface area contributed by atoms with Crippen LogP contribution in [0.4, 0.5) is 0 Å². The van der Waals surface area contributed by atoms with Gasteiger partial charge in [0.05, 0.1) is 32.6 Å². The van der Waals surface area contributed by atoms with Gasteiger partial charge < -0.3 is 23.3 Å². The Morgan fingerprint density at radius 2 is 1.97 bits per heavy atom. The molecule has 0 aliphatic carbocycles. The maximum atomic E-state index is 12.3. The zero-order valence-electron chi connectivity index (χ0n) is 16.3. The predicted molar refractivity (Wildman–Crippen MR) is 103 cm³/mol. The van der Waals surface area contributed by atoms with E-state index in [1.807, 2.05) is 12.1 Å². The van der Waals surface area contributed by atoms with E-state index in [1.165, 1.54) is 6.26 Å². The first-order valence-corrected chi connectivity index (χ1v) is 9.28. The van der Waals surface area contributed by atoms with Crippen molar-refractivity contribution < 1.29 is 23.2 Å². The molecule has 1 saturated heterocycles. The molecule has 2 aromatic heterocycles. The molecule has 152 valence electrons. The highest BCUT2D eigenvalue weighted by Gasteiger charge is 2.25. The first-order chi connectivity index (χ1) is 14.2. The van der Waals surface area contributed by atoms with E-state index in [0.717, 1.165) is 18.7 Å². The van der Waals surface area contributed by atoms with Crippen LogP contribution >= 0.6 is 0 Å². The quantitative estimate of drug-likeness (QED) is 0.624. The highest BCUT2D eigenvalue weighted by Crippen LogP contribution is 2.31. The van der Waals surface area contributed by atoms with Crippen molar-refractivity contribution in [3.8, 4) is 22.9 Å². The lowest BCUT2D eigenvalue weighted by Crippen LogP contribution is -2.48. The SMILES string of the molecule is COc1ccc(-c2noc(CN3CCN(C(=O)c4ccco4)CC3)n2)c(OC)c1. The van der Waals surface area contributed by atoms with E-state index < -0.39 is 0 Å². The Hall–Kier alpha value is -3.33. The molecule has 1 fully saturated rings. The van der Waals surface area contributed by atoms with Gasteiger partial charge in [0.2, 0.25) is 11.7 Å². The van der Waals surface area contributed by atoms with E-state index in [9.17, 15) is 4.79 Å². The summed E-state index contributed by atoms with van der Waals surface area (Å²) in [6, 6.07) is 8.84. The second-order valence-corrected chi connectivity index (χ2v) is 6.62. The number of nitrogens with zero attached hydrogens (tertiary/aromatic N) is 4. The number of rotatable bonds is 6. The summed E-state index contributed by atoms with van der Waals surface area (Å²) in [6.07, 6.45) is 1.51. The van der Waals surface area contributed by atoms with Crippen LogP contribution in [-0.4, -0.2) is 66.2 Å². The van der Waals surface area contributed by atoms with Crippen molar-refractivity contribution in [2.45, 2.75) is 6.54 Å². The van der Waals surface area contributed by atoms with Crippen molar-refractivity contribution in [3.05, 3.63) is 48.2 Å². The first-order valence-electron chi connectivity index (χ1n) is 9.28. The monoisotopic (exact) mass is 398 g/mol. The van der Waals surface area contributed by atoms with Crippen LogP contribution in [0, 0.1) is 0 Å². The van der Waals surface area contributed by atoms with Gasteiger partial charge >= 0.3 is 0 Å². The minimum atomic E-state index is -0.0821. The molecular formula is C20H22N4O5. The number of carbonyl (C=O) groups excluding carboxylic acids is 1. The molecule has 3 heterocycles. The molecule has 3 aromatic rings. The van der Waals surface area contributed by atoms with Gasteiger partial charge in [-0.1, -0.05) is 5.16 Å². The van der Waals surface area contributed by atoms with Crippen LogP contribution in [-0.2, 0) is 6.54 Å². The van der Waals surface area contributed by atoms with Crippen LogP contribution in [0.3, 0.4) is 0 Å². The third-order valence-corrected chi connectivity index (χ3v) is 4.87. The van der Waals surface area contributed by atoms with Crippen LogP contribution in [0.5, 0.6) is 11.5 Å². The van der Waals surface area contributed by atoms with Crippen molar-refractivity contribution in [2.24, 2.45) is 0 Å². The molecule has 0 spiro atoms. The summed E-state index contributed by atoms with van der Waals surface area (Å²) in [5.41, 5.74) is 0.733. The minimum Gasteiger partial charge on any atom is -0.497 e. The van der Waals surface area contributed by atoms with Gasteiger partial charge in [-0.25, -0.2) is 0 Å². The number of furan rings is 1. The standard InChI is InChI=1S/C20H22N4O5/c1-26-14-5-6-15(17(12-14)27-2)19-21-18(29-22-19)13-23-7-9-24(10-8-23)20(25)16-4-3-11-28-16/h3-6,11-12H,7-10,13H2,1-2H3. The highest BCUT2D eigenvalue weighted by molar-refractivity contribution is 5.91. The summed E-state index contributed by atoms with van der Waals surface area (Å²) in [5, 5.41) is 4.08. The fraction of sp³-hybridized carbons (Fsp3) is 0.350. The van der Waals surface area contributed by atoms with Gasteiger partial charge in [0.25, 0.3) is 5.91 Å². The number of carbonyl (C=O) groups is 1. The van der Waals surface area contributed by atoms with Crippen LogP contribution < -0.4 is 9.47 Å².